The molecule has 2 aromatic rings. The highest BCUT2D eigenvalue weighted by molar-refractivity contribution is 7.92. The molecule has 122 valence electrons. The molecule has 2 aromatic carbocycles. The molecule has 23 heavy (non-hydrogen) atoms. The Morgan fingerprint density at radius 3 is 2.26 bits per heavy atom. The van der Waals surface area contributed by atoms with E-state index in [4.69, 9.17) is 5.26 Å². The van der Waals surface area contributed by atoms with E-state index in [-0.39, 0.29) is 12.4 Å². The fourth-order valence-electron chi connectivity index (χ4n) is 2.06. The van der Waals surface area contributed by atoms with Gasteiger partial charge >= 0.3 is 0 Å². The molecule has 0 spiro atoms. The van der Waals surface area contributed by atoms with Crippen LogP contribution < -0.4 is 10.0 Å². The molecule has 2 N–H and O–H groups in total. The largest absolute Gasteiger partial charge is 0.309 e. The van der Waals surface area contributed by atoms with E-state index >= 15 is 0 Å². The molecular weight excluding hydrogens is 334 g/mol. The summed E-state index contributed by atoms with van der Waals surface area (Å²) in [5.41, 5.74) is 3.20. The van der Waals surface area contributed by atoms with Crippen LogP contribution in [0, 0.1) is 11.3 Å². The lowest BCUT2D eigenvalue weighted by molar-refractivity contribution is 0.607. The second kappa shape index (κ2) is 8.53. The fourth-order valence-corrected chi connectivity index (χ4v) is 2.62. The molecule has 0 aliphatic heterocycles. The van der Waals surface area contributed by atoms with Crippen LogP contribution in [0.4, 0.5) is 5.69 Å². The number of sulfonamides is 1. The number of halogens is 1. The third-order valence-corrected chi connectivity index (χ3v) is 3.55. The molecule has 2 rings (SSSR count). The van der Waals surface area contributed by atoms with Gasteiger partial charge in [0.1, 0.15) is 0 Å². The number of nitriles is 1. The number of benzene rings is 2. The molecule has 0 aliphatic rings. The van der Waals surface area contributed by atoms with Gasteiger partial charge in [0.05, 0.1) is 17.9 Å². The normalized spacial score (nSPS) is 10.4. The standard InChI is InChI=1S/C16H17N3O2S.ClH/c1-22(20,21)19-16-7-3-6-15(9-16)12-18-11-14-5-2-4-13(8-14)10-17;/h2-9,18-19H,11-12H2,1H3;1H. The zero-order valence-electron chi connectivity index (χ0n) is 12.6. The third kappa shape index (κ3) is 6.70. The van der Waals surface area contributed by atoms with Crippen LogP contribution in [0.5, 0.6) is 0 Å². The maximum absolute atomic E-state index is 11.2. The maximum Gasteiger partial charge on any atom is 0.229 e. The van der Waals surface area contributed by atoms with Gasteiger partial charge in [0.15, 0.2) is 0 Å². The van der Waals surface area contributed by atoms with E-state index in [2.05, 4.69) is 16.1 Å². The first-order valence-electron chi connectivity index (χ1n) is 6.73. The number of anilines is 1. The van der Waals surface area contributed by atoms with Crippen LogP contribution in [-0.2, 0) is 23.1 Å². The second-order valence-corrected chi connectivity index (χ2v) is 6.74. The van der Waals surface area contributed by atoms with Crippen molar-refractivity contribution in [1.82, 2.24) is 5.32 Å². The fraction of sp³-hybridized carbons (Fsp3) is 0.188. The Kier molecular flexibility index (Phi) is 7.04. The second-order valence-electron chi connectivity index (χ2n) is 4.99. The van der Waals surface area contributed by atoms with Crippen LogP contribution in [-0.4, -0.2) is 14.7 Å². The number of hydrogen-bond donors (Lipinski definition) is 2. The van der Waals surface area contributed by atoms with E-state index in [1.54, 1.807) is 24.3 Å². The van der Waals surface area contributed by atoms with Crippen LogP contribution in [0.1, 0.15) is 16.7 Å². The van der Waals surface area contributed by atoms with Gasteiger partial charge in [-0.15, -0.1) is 12.4 Å². The van der Waals surface area contributed by atoms with E-state index in [9.17, 15) is 8.42 Å². The predicted molar refractivity (Wildman–Crippen MR) is 93.9 cm³/mol. The van der Waals surface area contributed by atoms with Crippen molar-refractivity contribution in [3.8, 4) is 6.07 Å². The van der Waals surface area contributed by atoms with E-state index in [1.807, 2.05) is 24.3 Å². The summed E-state index contributed by atoms with van der Waals surface area (Å²) in [5, 5.41) is 12.1. The Balaban J connectivity index is 0.00000264. The molecule has 0 fully saturated rings. The van der Waals surface area contributed by atoms with Gasteiger partial charge in [-0.2, -0.15) is 5.26 Å². The Labute approximate surface area is 142 Å². The first kappa shape index (κ1) is 19.0. The van der Waals surface area contributed by atoms with Crippen molar-refractivity contribution in [2.24, 2.45) is 0 Å². The summed E-state index contributed by atoms with van der Waals surface area (Å²) in [6.07, 6.45) is 1.13. The summed E-state index contributed by atoms with van der Waals surface area (Å²) in [6.45, 7) is 1.25. The van der Waals surface area contributed by atoms with Gasteiger partial charge in [-0.05, 0) is 35.4 Å². The van der Waals surface area contributed by atoms with Gasteiger partial charge in [-0.1, -0.05) is 24.3 Å². The molecule has 7 heteroatoms. The van der Waals surface area contributed by atoms with Crippen LogP contribution in [0.3, 0.4) is 0 Å². The Bertz CT molecular complexity index is 801. The van der Waals surface area contributed by atoms with E-state index < -0.39 is 10.0 Å². The minimum Gasteiger partial charge on any atom is -0.309 e. The molecular formula is C16H18ClN3O2S. The van der Waals surface area contributed by atoms with Gasteiger partial charge in [0.2, 0.25) is 10.0 Å². The topological polar surface area (TPSA) is 82.0 Å². The number of rotatable bonds is 6. The first-order valence-corrected chi connectivity index (χ1v) is 8.62. The van der Waals surface area contributed by atoms with Crippen LogP contribution in [0.2, 0.25) is 0 Å². The van der Waals surface area contributed by atoms with Crippen molar-refractivity contribution in [3.05, 3.63) is 65.2 Å². The summed E-state index contributed by atoms with van der Waals surface area (Å²) < 4.78 is 24.9. The Morgan fingerprint density at radius 1 is 1.04 bits per heavy atom. The molecule has 0 unspecified atom stereocenters. The first-order chi connectivity index (χ1) is 10.5. The minimum absolute atomic E-state index is 0. The zero-order valence-corrected chi connectivity index (χ0v) is 14.2. The quantitative estimate of drug-likeness (QED) is 0.838. The summed E-state index contributed by atoms with van der Waals surface area (Å²) in [4.78, 5) is 0. The van der Waals surface area contributed by atoms with Gasteiger partial charge in [-0.3, -0.25) is 4.72 Å². The predicted octanol–water partition coefficient (Wildman–Crippen LogP) is 2.64. The molecule has 0 aromatic heterocycles. The van der Waals surface area contributed by atoms with Gasteiger partial charge < -0.3 is 5.32 Å². The average molecular weight is 352 g/mol. The van der Waals surface area contributed by atoms with Crippen LogP contribution in [0.25, 0.3) is 0 Å². The van der Waals surface area contributed by atoms with Crippen molar-refractivity contribution in [3.63, 3.8) is 0 Å². The van der Waals surface area contributed by atoms with Crippen LogP contribution >= 0.6 is 12.4 Å². The molecule has 0 saturated heterocycles. The summed E-state index contributed by atoms with van der Waals surface area (Å²) >= 11 is 0. The van der Waals surface area contributed by atoms with Crippen molar-refractivity contribution < 1.29 is 8.42 Å². The third-order valence-electron chi connectivity index (χ3n) is 2.94. The molecule has 0 aliphatic carbocycles. The number of nitrogens with one attached hydrogen (secondary N) is 2. The minimum atomic E-state index is -3.27. The van der Waals surface area contributed by atoms with Crippen molar-refractivity contribution in [2.45, 2.75) is 13.1 Å². The number of nitrogens with zero attached hydrogens (tertiary/aromatic N) is 1. The average Bonchev–Trinajstić information content (AvgIpc) is 2.46. The molecule has 0 bridgehead atoms. The number of hydrogen-bond acceptors (Lipinski definition) is 4. The van der Waals surface area contributed by atoms with Crippen molar-refractivity contribution in [1.29, 1.82) is 5.26 Å². The van der Waals surface area contributed by atoms with E-state index in [0.29, 0.717) is 24.3 Å². The van der Waals surface area contributed by atoms with Crippen LogP contribution in [0.15, 0.2) is 48.5 Å². The van der Waals surface area contributed by atoms with Gasteiger partial charge in [0, 0.05) is 18.8 Å². The summed E-state index contributed by atoms with van der Waals surface area (Å²) in [5.74, 6) is 0. The monoisotopic (exact) mass is 351 g/mol. The van der Waals surface area contributed by atoms with Crippen molar-refractivity contribution >= 4 is 28.1 Å². The Hall–Kier alpha value is -2.07. The van der Waals surface area contributed by atoms with Crippen molar-refractivity contribution in [2.75, 3.05) is 11.0 Å². The summed E-state index contributed by atoms with van der Waals surface area (Å²) in [6, 6.07) is 16.8. The lowest BCUT2D eigenvalue weighted by atomic mass is 10.1. The van der Waals surface area contributed by atoms with Gasteiger partial charge in [-0.25, -0.2) is 8.42 Å². The molecule has 0 heterocycles. The van der Waals surface area contributed by atoms with E-state index in [1.165, 1.54) is 0 Å². The lowest BCUT2D eigenvalue weighted by Gasteiger charge is -2.08. The SMILES string of the molecule is CS(=O)(=O)Nc1cccc(CNCc2cccc(C#N)c2)c1.Cl. The summed E-state index contributed by atoms with van der Waals surface area (Å²) in [7, 11) is -3.27. The maximum atomic E-state index is 11.2. The molecule has 5 nitrogen and oxygen atoms in total. The van der Waals surface area contributed by atoms with Gasteiger partial charge in [0.25, 0.3) is 0 Å². The highest BCUT2D eigenvalue weighted by atomic mass is 35.5. The molecule has 0 saturated carbocycles. The van der Waals surface area contributed by atoms with E-state index in [0.717, 1.165) is 17.4 Å². The molecule has 0 atom stereocenters. The highest BCUT2D eigenvalue weighted by Crippen LogP contribution is 2.12. The molecule has 0 radical (unpaired) electrons. The lowest BCUT2D eigenvalue weighted by Crippen LogP contribution is -2.13. The zero-order chi connectivity index (χ0) is 16.0. The Morgan fingerprint density at radius 2 is 1.65 bits per heavy atom. The molecule has 0 amide bonds. The smallest absolute Gasteiger partial charge is 0.229 e. The highest BCUT2D eigenvalue weighted by Gasteiger charge is 2.02.